The number of carbonyl (C=O) groups is 1. The lowest BCUT2D eigenvalue weighted by Gasteiger charge is -2.06. The van der Waals surface area contributed by atoms with Gasteiger partial charge in [-0.15, -0.1) is 0 Å². The van der Waals surface area contributed by atoms with Crippen molar-refractivity contribution in [1.82, 2.24) is 4.98 Å². The summed E-state index contributed by atoms with van der Waals surface area (Å²) in [5.41, 5.74) is 1.08. The average molecular weight is 367 g/mol. The van der Waals surface area contributed by atoms with Crippen molar-refractivity contribution in [1.29, 1.82) is 0 Å². The molecule has 2 N–H and O–H groups in total. The normalized spacial score (nSPS) is 11.5. The van der Waals surface area contributed by atoms with E-state index in [4.69, 9.17) is 16.0 Å². The van der Waals surface area contributed by atoms with Crippen LogP contribution in [0.3, 0.4) is 0 Å². The Morgan fingerprint density at radius 1 is 1.17 bits per heavy atom. The predicted octanol–water partition coefficient (Wildman–Crippen LogP) is 2.19. The Balaban J connectivity index is 1.76. The lowest BCUT2D eigenvalue weighted by Crippen LogP contribution is -2.23. The zero-order valence-corrected chi connectivity index (χ0v) is 13.6. The molecule has 0 aliphatic rings. The number of anilines is 1. The lowest BCUT2D eigenvalue weighted by atomic mass is 10.3. The Labute approximate surface area is 141 Å². The predicted molar refractivity (Wildman–Crippen MR) is 89.0 cm³/mol. The first-order chi connectivity index (χ1) is 11.3. The van der Waals surface area contributed by atoms with Gasteiger partial charge in [-0.3, -0.25) is 9.78 Å². The monoisotopic (exact) mass is 366 g/mol. The van der Waals surface area contributed by atoms with E-state index < -0.39 is 27.3 Å². The molecule has 0 fully saturated rings. The van der Waals surface area contributed by atoms with E-state index in [1.54, 1.807) is 0 Å². The number of H-pyrrole nitrogens is 1. The van der Waals surface area contributed by atoms with Crippen LogP contribution < -0.4 is 11.1 Å². The number of amides is 1. The molecular weight excluding hydrogens is 356 g/mol. The molecule has 0 radical (unpaired) electrons. The molecule has 124 valence electrons. The molecule has 0 aliphatic carbocycles. The summed E-state index contributed by atoms with van der Waals surface area (Å²) in [7, 11) is -3.78. The summed E-state index contributed by atoms with van der Waals surface area (Å²) >= 11 is 5.72. The third-order valence-electron chi connectivity index (χ3n) is 3.20. The molecule has 0 unspecified atom stereocenters. The first-order valence-electron chi connectivity index (χ1n) is 6.74. The summed E-state index contributed by atoms with van der Waals surface area (Å²) in [4.78, 5) is 25.5. The zero-order valence-electron chi connectivity index (χ0n) is 12.1. The second-order valence-electron chi connectivity index (χ2n) is 4.99. The molecule has 9 heteroatoms. The van der Waals surface area contributed by atoms with E-state index in [-0.39, 0.29) is 4.90 Å². The molecule has 24 heavy (non-hydrogen) atoms. The number of fused-ring (bicyclic) bond motifs is 1. The Morgan fingerprint density at radius 2 is 1.88 bits per heavy atom. The van der Waals surface area contributed by atoms with E-state index >= 15 is 0 Å². The first-order valence-corrected chi connectivity index (χ1v) is 8.77. The molecule has 0 atom stereocenters. The highest BCUT2D eigenvalue weighted by Crippen LogP contribution is 2.18. The quantitative estimate of drug-likeness (QED) is 0.735. The van der Waals surface area contributed by atoms with Gasteiger partial charge in [0.2, 0.25) is 5.91 Å². The van der Waals surface area contributed by atoms with Gasteiger partial charge >= 0.3 is 5.76 Å². The van der Waals surface area contributed by atoms with Crippen LogP contribution in [0.15, 0.2) is 56.6 Å². The topological polar surface area (TPSA) is 109 Å². The molecular formula is C15H11ClN2O5S. The van der Waals surface area contributed by atoms with Crippen LogP contribution >= 0.6 is 11.6 Å². The minimum absolute atomic E-state index is 0.0108. The second kappa shape index (κ2) is 6.14. The van der Waals surface area contributed by atoms with Crippen LogP contribution in [0.25, 0.3) is 11.1 Å². The SMILES string of the molecule is O=C(CS(=O)(=O)c1ccc(Cl)cc1)Nc1ccc2oc(=O)[nH]c2c1. The first kappa shape index (κ1) is 16.3. The fourth-order valence-electron chi connectivity index (χ4n) is 2.12. The van der Waals surface area contributed by atoms with Crippen LogP contribution in [0.4, 0.5) is 5.69 Å². The minimum Gasteiger partial charge on any atom is -0.408 e. The van der Waals surface area contributed by atoms with E-state index in [1.165, 1.54) is 42.5 Å². The zero-order chi connectivity index (χ0) is 17.3. The van der Waals surface area contributed by atoms with Gasteiger partial charge in [0.1, 0.15) is 5.75 Å². The molecule has 3 aromatic rings. The van der Waals surface area contributed by atoms with Crippen LogP contribution in [0.5, 0.6) is 0 Å². The molecule has 1 aromatic heterocycles. The molecule has 0 bridgehead atoms. The van der Waals surface area contributed by atoms with Crippen molar-refractivity contribution in [2.75, 3.05) is 11.1 Å². The Morgan fingerprint density at radius 3 is 2.58 bits per heavy atom. The largest absolute Gasteiger partial charge is 0.417 e. The van der Waals surface area contributed by atoms with Crippen LogP contribution in [0, 0.1) is 0 Å². The van der Waals surface area contributed by atoms with E-state index in [0.717, 1.165) is 0 Å². The van der Waals surface area contributed by atoms with E-state index in [9.17, 15) is 18.0 Å². The smallest absolute Gasteiger partial charge is 0.408 e. The molecule has 3 rings (SSSR count). The molecule has 2 aromatic carbocycles. The third kappa shape index (κ3) is 3.50. The maximum Gasteiger partial charge on any atom is 0.417 e. The number of benzene rings is 2. The summed E-state index contributed by atoms with van der Waals surface area (Å²) < 4.78 is 29.2. The highest BCUT2D eigenvalue weighted by Gasteiger charge is 2.19. The standard InChI is InChI=1S/C15H11ClN2O5S/c16-9-1-4-11(5-2-9)24(21,22)8-14(19)17-10-3-6-13-12(7-10)18-15(20)23-13/h1-7H,8H2,(H,17,19)(H,18,20). The molecule has 1 heterocycles. The number of halogens is 1. The van der Waals surface area contributed by atoms with E-state index in [2.05, 4.69) is 10.3 Å². The molecule has 1 amide bonds. The molecule has 0 spiro atoms. The fourth-order valence-corrected chi connectivity index (χ4v) is 3.39. The second-order valence-corrected chi connectivity index (χ2v) is 7.41. The summed E-state index contributed by atoms with van der Waals surface area (Å²) in [6.07, 6.45) is 0. The van der Waals surface area contributed by atoms with Gasteiger partial charge in [0.15, 0.2) is 15.4 Å². The van der Waals surface area contributed by atoms with Crippen molar-refractivity contribution < 1.29 is 17.6 Å². The van der Waals surface area contributed by atoms with Crippen LogP contribution in [0.2, 0.25) is 5.02 Å². The molecule has 0 saturated carbocycles. The van der Waals surface area contributed by atoms with Crippen molar-refractivity contribution >= 4 is 44.1 Å². The van der Waals surface area contributed by atoms with Gasteiger partial charge in [-0.25, -0.2) is 13.2 Å². The number of nitrogens with one attached hydrogen (secondary N) is 2. The van der Waals surface area contributed by atoms with Gasteiger partial charge in [-0.2, -0.15) is 0 Å². The average Bonchev–Trinajstić information content (AvgIpc) is 2.86. The summed E-state index contributed by atoms with van der Waals surface area (Å²) in [5.74, 6) is -2.02. The Bertz CT molecular complexity index is 1070. The van der Waals surface area contributed by atoms with Crippen molar-refractivity contribution in [2.24, 2.45) is 0 Å². The number of rotatable bonds is 4. The summed E-state index contributed by atoms with van der Waals surface area (Å²) in [6, 6.07) is 10.0. The van der Waals surface area contributed by atoms with Crippen molar-refractivity contribution in [2.45, 2.75) is 4.90 Å². The minimum atomic E-state index is -3.78. The van der Waals surface area contributed by atoms with E-state index in [1.807, 2.05) is 0 Å². The highest BCUT2D eigenvalue weighted by molar-refractivity contribution is 7.92. The number of hydrogen-bond acceptors (Lipinski definition) is 5. The fraction of sp³-hybridized carbons (Fsp3) is 0.0667. The maximum absolute atomic E-state index is 12.2. The van der Waals surface area contributed by atoms with Crippen molar-refractivity contribution in [3.8, 4) is 0 Å². The Hall–Kier alpha value is -2.58. The number of aromatic nitrogens is 1. The summed E-state index contributed by atoms with van der Waals surface area (Å²) in [5, 5.41) is 2.88. The van der Waals surface area contributed by atoms with Crippen molar-refractivity contribution in [3.63, 3.8) is 0 Å². The Kier molecular flexibility index (Phi) is 4.16. The van der Waals surface area contributed by atoms with Crippen molar-refractivity contribution in [3.05, 3.63) is 58.0 Å². The van der Waals surface area contributed by atoms with E-state index in [0.29, 0.717) is 21.8 Å². The van der Waals surface area contributed by atoms with Gasteiger partial charge in [-0.1, -0.05) is 11.6 Å². The number of aromatic amines is 1. The number of hydrogen-bond donors (Lipinski definition) is 2. The van der Waals surface area contributed by atoms with Gasteiger partial charge < -0.3 is 9.73 Å². The number of carbonyl (C=O) groups excluding carboxylic acids is 1. The number of oxazole rings is 1. The third-order valence-corrected chi connectivity index (χ3v) is 5.08. The van der Waals surface area contributed by atoms with Gasteiger partial charge in [0.05, 0.1) is 10.4 Å². The molecule has 7 nitrogen and oxygen atoms in total. The lowest BCUT2D eigenvalue weighted by molar-refractivity contribution is -0.113. The highest BCUT2D eigenvalue weighted by atomic mass is 35.5. The van der Waals surface area contributed by atoms with Crippen LogP contribution in [-0.4, -0.2) is 25.1 Å². The van der Waals surface area contributed by atoms with Crippen LogP contribution in [0.1, 0.15) is 0 Å². The maximum atomic E-state index is 12.2. The van der Waals surface area contributed by atoms with Gasteiger partial charge in [-0.05, 0) is 42.5 Å². The molecule has 0 aliphatic heterocycles. The van der Waals surface area contributed by atoms with Gasteiger partial charge in [0, 0.05) is 10.7 Å². The number of sulfone groups is 1. The summed E-state index contributed by atoms with van der Waals surface area (Å²) in [6.45, 7) is 0. The van der Waals surface area contributed by atoms with Gasteiger partial charge in [0.25, 0.3) is 0 Å². The molecule has 0 saturated heterocycles. The van der Waals surface area contributed by atoms with Crippen LogP contribution in [-0.2, 0) is 14.6 Å².